The van der Waals surface area contributed by atoms with Gasteiger partial charge in [0.05, 0.1) is 12.3 Å². The fourth-order valence-corrected chi connectivity index (χ4v) is 1.81. The van der Waals surface area contributed by atoms with E-state index in [9.17, 15) is 9.59 Å². The molecule has 0 saturated carbocycles. The molecule has 1 N–H and O–H groups in total. The first-order chi connectivity index (χ1) is 9.54. The summed E-state index contributed by atoms with van der Waals surface area (Å²) < 4.78 is 5.99. The van der Waals surface area contributed by atoms with E-state index in [4.69, 9.17) is 4.74 Å². The van der Waals surface area contributed by atoms with Gasteiger partial charge in [-0.05, 0) is 30.5 Å². The van der Waals surface area contributed by atoms with Crippen molar-refractivity contribution < 1.29 is 9.53 Å². The van der Waals surface area contributed by atoms with Gasteiger partial charge < -0.3 is 4.74 Å². The monoisotopic (exact) mass is 275 g/mol. The molecule has 0 atom stereocenters. The Morgan fingerprint density at radius 3 is 2.55 bits per heavy atom. The van der Waals surface area contributed by atoms with Gasteiger partial charge in [-0.25, -0.2) is 14.7 Å². The van der Waals surface area contributed by atoms with Crippen LogP contribution in [0.15, 0.2) is 29.1 Å². The van der Waals surface area contributed by atoms with Gasteiger partial charge in [-0.2, -0.15) is 0 Å². The molecule has 0 unspecified atom stereocenters. The van der Waals surface area contributed by atoms with Crippen LogP contribution in [0.4, 0.5) is 0 Å². The van der Waals surface area contributed by atoms with Gasteiger partial charge in [0.15, 0.2) is 0 Å². The molecule has 1 aromatic heterocycles. The number of aromatic amines is 1. The van der Waals surface area contributed by atoms with Crippen LogP contribution in [0, 0.1) is 0 Å². The Kier molecular flexibility index (Phi) is 4.02. The molecule has 0 aliphatic carbocycles. The molecule has 0 amide bonds. The number of hydrogen-bond acceptors (Lipinski definition) is 4. The number of rotatable bonds is 4. The van der Waals surface area contributed by atoms with Crippen LogP contribution in [0.1, 0.15) is 42.7 Å². The number of esters is 1. The molecule has 0 radical (unpaired) electrons. The molecule has 0 bridgehead atoms. The number of aromatic nitrogens is 3. The van der Waals surface area contributed by atoms with Gasteiger partial charge in [0, 0.05) is 0 Å². The van der Waals surface area contributed by atoms with Gasteiger partial charge in [-0.1, -0.05) is 26.0 Å². The summed E-state index contributed by atoms with van der Waals surface area (Å²) in [5, 5.41) is 6.25. The molecule has 0 aliphatic rings. The first-order valence-electron chi connectivity index (χ1n) is 6.49. The van der Waals surface area contributed by atoms with Crippen molar-refractivity contribution in [1.29, 1.82) is 0 Å². The quantitative estimate of drug-likeness (QED) is 0.864. The highest BCUT2D eigenvalue weighted by Gasteiger charge is 2.18. The smallest absolute Gasteiger partial charge is 0.364 e. The molecule has 106 valence electrons. The zero-order valence-electron chi connectivity index (χ0n) is 11.7. The van der Waals surface area contributed by atoms with E-state index in [0.717, 1.165) is 0 Å². The molecular formula is C14H17N3O3. The number of benzene rings is 1. The lowest BCUT2D eigenvalue weighted by Gasteiger charge is -2.06. The van der Waals surface area contributed by atoms with Crippen molar-refractivity contribution in [2.75, 3.05) is 6.61 Å². The molecule has 6 heteroatoms. The number of nitrogens with one attached hydrogen (secondary N) is 1. The van der Waals surface area contributed by atoms with Crippen LogP contribution in [0.5, 0.6) is 0 Å². The first kappa shape index (κ1) is 14.0. The molecule has 1 heterocycles. The van der Waals surface area contributed by atoms with Crippen molar-refractivity contribution in [1.82, 2.24) is 15.0 Å². The highest BCUT2D eigenvalue weighted by Crippen LogP contribution is 2.15. The van der Waals surface area contributed by atoms with E-state index in [1.807, 2.05) is 24.3 Å². The summed E-state index contributed by atoms with van der Waals surface area (Å²) in [6.45, 7) is 6.06. The van der Waals surface area contributed by atoms with Crippen molar-refractivity contribution in [3.05, 3.63) is 45.9 Å². The highest BCUT2D eigenvalue weighted by atomic mass is 16.5. The number of carbonyl (C=O) groups is 1. The summed E-state index contributed by atoms with van der Waals surface area (Å²) in [5.74, 6) is -0.302. The Morgan fingerprint density at radius 1 is 1.35 bits per heavy atom. The minimum absolute atomic E-state index is 0.203. The lowest BCUT2D eigenvalue weighted by atomic mass is 10.0. The van der Waals surface area contributed by atoms with Crippen LogP contribution in [0.3, 0.4) is 0 Å². The van der Waals surface area contributed by atoms with E-state index >= 15 is 0 Å². The molecule has 1 aromatic carbocycles. The third-order valence-electron chi connectivity index (χ3n) is 2.95. The molecule has 0 spiro atoms. The second-order valence-corrected chi connectivity index (χ2v) is 4.67. The summed E-state index contributed by atoms with van der Waals surface area (Å²) in [6, 6.07) is 7.50. The summed E-state index contributed by atoms with van der Waals surface area (Å²) >= 11 is 0. The lowest BCUT2D eigenvalue weighted by molar-refractivity contribution is 0.0518. The second kappa shape index (κ2) is 5.73. The Balaban J connectivity index is 2.34. The largest absolute Gasteiger partial charge is 0.461 e. The van der Waals surface area contributed by atoms with E-state index in [1.165, 1.54) is 10.2 Å². The SMILES string of the molecule is CCOC(=O)c1n[nH]n(-c2ccc(C(C)C)cc2)c1=O. The summed E-state index contributed by atoms with van der Waals surface area (Å²) in [5.41, 5.74) is 1.05. The van der Waals surface area contributed by atoms with E-state index in [0.29, 0.717) is 11.6 Å². The topological polar surface area (TPSA) is 77.0 Å². The number of carbonyl (C=O) groups excluding carboxylic acids is 1. The van der Waals surface area contributed by atoms with Crippen LogP contribution < -0.4 is 5.56 Å². The molecule has 2 rings (SSSR count). The minimum Gasteiger partial charge on any atom is -0.461 e. The van der Waals surface area contributed by atoms with Crippen molar-refractivity contribution in [2.24, 2.45) is 0 Å². The van der Waals surface area contributed by atoms with Crippen molar-refractivity contribution in [3.63, 3.8) is 0 Å². The predicted octanol–water partition coefficient (Wildman–Crippen LogP) is 1.86. The average Bonchev–Trinajstić information content (AvgIpc) is 2.81. The molecule has 0 aliphatic heterocycles. The maximum atomic E-state index is 12.1. The van der Waals surface area contributed by atoms with Crippen molar-refractivity contribution in [2.45, 2.75) is 26.7 Å². The number of nitrogens with zero attached hydrogens (tertiary/aromatic N) is 2. The summed E-state index contributed by atoms with van der Waals surface area (Å²) in [4.78, 5) is 23.6. The Hall–Kier alpha value is -2.37. The fourth-order valence-electron chi connectivity index (χ4n) is 1.81. The minimum atomic E-state index is -0.716. The number of ether oxygens (including phenoxy) is 1. The summed E-state index contributed by atoms with van der Waals surface area (Å²) in [7, 11) is 0. The summed E-state index contributed by atoms with van der Waals surface area (Å²) in [6.07, 6.45) is 0. The molecule has 0 saturated heterocycles. The maximum absolute atomic E-state index is 12.1. The van der Waals surface area contributed by atoms with Crippen molar-refractivity contribution in [3.8, 4) is 5.69 Å². The second-order valence-electron chi connectivity index (χ2n) is 4.67. The van der Waals surface area contributed by atoms with Crippen LogP contribution in [-0.2, 0) is 4.74 Å². The van der Waals surface area contributed by atoms with Gasteiger partial charge in [0.1, 0.15) is 0 Å². The third-order valence-corrected chi connectivity index (χ3v) is 2.95. The van der Waals surface area contributed by atoms with E-state index < -0.39 is 11.5 Å². The van der Waals surface area contributed by atoms with Crippen molar-refractivity contribution >= 4 is 5.97 Å². The molecule has 6 nitrogen and oxygen atoms in total. The van der Waals surface area contributed by atoms with Crippen LogP contribution >= 0.6 is 0 Å². The predicted molar refractivity (Wildman–Crippen MR) is 74.2 cm³/mol. The molecular weight excluding hydrogens is 258 g/mol. The zero-order chi connectivity index (χ0) is 14.7. The number of H-pyrrole nitrogens is 1. The van der Waals surface area contributed by atoms with Gasteiger partial charge in [-0.15, -0.1) is 5.10 Å². The van der Waals surface area contributed by atoms with E-state index in [1.54, 1.807) is 6.92 Å². The van der Waals surface area contributed by atoms with E-state index in [2.05, 4.69) is 24.2 Å². The maximum Gasteiger partial charge on any atom is 0.364 e. The van der Waals surface area contributed by atoms with E-state index in [-0.39, 0.29) is 12.3 Å². The first-order valence-corrected chi connectivity index (χ1v) is 6.49. The Labute approximate surface area is 116 Å². The number of hydrogen-bond donors (Lipinski definition) is 1. The Bertz CT molecular complexity index is 653. The standard InChI is InChI=1S/C14H17N3O3/c1-4-20-14(19)12-13(18)17(16-15-12)11-7-5-10(6-8-11)9(2)3/h5-9,16H,4H2,1-3H3. The normalized spacial score (nSPS) is 10.8. The van der Waals surface area contributed by atoms with Gasteiger partial charge in [-0.3, -0.25) is 4.79 Å². The molecule has 0 fully saturated rings. The van der Waals surface area contributed by atoms with Gasteiger partial charge in [0.25, 0.3) is 0 Å². The highest BCUT2D eigenvalue weighted by molar-refractivity contribution is 5.86. The van der Waals surface area contributed by atoms with Crippen LogP contribution in [-0.4, -0.2) is 27.6 Å². The fraction of sp³-hybridized carbons (Fsp3) is 0.357. The molecule has 20 heavy (non-hydrogen) atoms. The van der Waals surface area contributed by atoms with Crippen LogP contribution in [0.2, 0.25) is 0 Å². The van der Waals surface area contributed by atoms with Gasteiger partial charge >= 0.3 is 11.5 Å². The van der Waals surface area contributed by atoms with Crippen LogP contribution in [0.25, 0.3) is 5.69 Å². The Morgan fingerprint density at radius 2 is 2.00 bits per heavy atom. The zero-order valence-corrected chi connectivity index (χ0v) is 11.7. The van der Waals surface area contributed by atoms with Gasteiger partial charge in [0.2, 0.25) is 5.69 Å². The third kappa shape index (κ3) is 2.64. The average molecular weight is 275 g/mol. The lowest BCUT2D eigenvalue weighted by Crippen LogP contribution is -2.21. The molecule has 2 aromatic rings.